The Morgan fingerprint density at radius 1 is 1.42 bits per heavy atom. The standard InChI is InChI=1S/C13H12FNO4/c1-6-9-5-8(14)3-4-10(9)19-11(6)13(17)18-7(2)12(15)16/h3-5,7H,1-2H3,(H2,15,16)/t7-/m1/s1. The lowest BCUT2D eigenvalue weighted by molar-refractivity contribution is -0.125. The molecule has 1 heterocycles. The van der Waals surface area contributed by atoms with Crippen LogP contribution in [0, 0.1) is 12.7 Å². The van der Waals surface area contributed by atoms with Crippen molar-refractivity contribution in [1.29, 1.82) is 0 Å². The van der Waals surface area contributed by atoms with E-state index in [1.807, 2.05) is 0 Å². The van der Waals surface area contributed by atoms with Gasteiger partial charge in [0.25, 0.3) is 5.91 Å². The summed E-state index contributed by atoms with van der Waals surface area (Å²) in [6.07, 6.45) is -1.06. The molecule has 6 heteroatoms. The SMILES string of the molecule is Cc1c(C(=O)O[C@H](C)C(N)=O)oc2ccc(F)cc12. The first-order valence-corrected chi connectivity index (χ1v) is 5.59. The molecule has 0 saturated carbocycles. The minimum absolute atomic E-state index is 0.0614. The van der Waals surface area contributed by atoms with Gasteiger partial charge in [0, 0.05) is 10.9 Å². The lowest BCUT2D eigenvalue weighted by Gasteiger charge is -2.07. The number of furan rings is 1. The Hall–Kier alpha value is -2.37. The van der Waals surface area contributed by atoms with Gasteiger partial charge >= 0.3 is 5.97 Å². The summed E-state index contributed by atoms with van der Waals surface area (Å²) < 4.78 is 23.3. The Bertz CT molecular complexity index is 662. The van der Waals surface area contributed by atoms with E-state index in [1.54, 1.807) is 6.92 Å². The van der Waals surface area contributed by atoms with E-state index in [4.69, 9.17) is 14.9 Å². The molecular formula is C13H12FNO4. The van der Waals surface area contributed by atoms with Crippen molar-refractivity contribution in [2.75, 3.05) is 0 Å². The van der Waals surface area contributed by atoms with E-state index in [0.717, 1.165) is 0 Å². The molecule has 1 amide bonds. The summed E-state index contributed by atoms with van der Waals surface area (Å²) in [7, 11) is 0. The van der Waals surface area contributed by atoms with Gasteiger partial charge in [-0.15, -0.1) is 0 Å². The third-order valence-corrected chi connectivity index (χ3v) is 2.77. The summed E-state index contributed by atoms with van der Waals surface area (Å²) in [6.45, 7) is 2.97. The molecule has 2 aromatic rings. The molecular weight excluding hydrogens is 253 g/mol. The van der Waals surface area contributed by atoms with Gasteiger partial charge < -0.3 is 14.9 Å². The monoisotopic (exact) mass is 265 g/mol. The summed E-state index contributed by atoms with van der Waals surface area (Å²) in [4.78, 5) is 22.7. The molecule has 0 radical (unpaired) electrons. The number of esters is 1. The second-order valence-corrected chi connectivity index (χ2v) is 4.15. The predicted octanol–water partition coefficient (Wildman–Crippen LogP) is 1.91. The van der Waals surface area contributed by atoms with Crippen LogP contribution in [0.3, 0.4) is 0 Å². The fourth-order valence-corrected chi connectivity index (χ4v) is 1.66. The Balaban J connectivity index is 2.37. The van der Waals surface area contributed by atoms with Gasteiger partial charge in [-0.25, -0.2) is 9.18 Å². The smallest absolute Gasteiger partial charge is 0.375 e. The molecule has 1 atom stereocenters. The summed E-state index contributed by atoms with van der Waals surface area (Å²) in [5.41, 5.74) is 5.83. The van der Waals surface area contributed by atoms with E-state index in [-0.39, 0.29) is 5.76 Å². The van der Waals surface area contributed by atoms with Gasteiger partial charge in [0.05, 0.1) is 0 Å². The Kier molecular flexibility index (Phi) is 3.25. The molecule has 1 aromatic carbocycles. The first-order valence-electron chi connectivity index (χ1n) is 5.59. The summed E-state index contributed by atoms with van der Waals surface area (Å²) >= 11 is 0. The molecule has 5 nitrogen and oxygen atoms in total. The van der Waals surface area contributed by atoms with Crippen LogP contribution < -0.4 is 5.73 Å². The number of carbonyl (C=O) groups excluding carboxylic acids is 2. The van der Waals surface area contributed by atoms with Gasteiger partial charge in [-0.1, -0.05) is 0 Å². The quantitative estimate of drug-likeness (QED) is 0.859. The van der Waals surface area contributed by atoms with Crippen molar-refractivity contribution < 1.29 is 23.1 Å². The Labute approximate surface area is 108 Å². The molecule has 1 aromatic heterocycles. The van der Waals surface area contributed by atoms with Crippen LogP contribution in [-0.2, 0) is 9.53 Å². The molecule has 0 saturated heterocycles. The number of nitrogens with two attached hydrogens (primary N) is 1. The first kappa shape index (κ1) is 13.1. The average molecular weight is 265 g/mol. The van der Waals surface area contributed by atoms with Gasteiger partial charge in [-0.2, -0.15) is 0 Å². The lowest BCUT2D eigenvalue weighted by atomic mass is 10.1. The van der Waals surface area contributed by atoms with Crippen molar-refractivity contribution in [2.24, 2.45) is 5.73 Å². The maximum absolute atomic E-state index is 13.1. The zero-order valence-corrected chi connectivity index (χ0v) is 10.4. The number of hydrogen-bond donors (Lipinski definition) is 1. The highest BCUT2D eigenvalue weighted by Crippen LogP contribution is 2.26. The van der Waals surface area contributed by atoms with Crippen LogP contribution in [0.2, 0.25) is 0 Å². The van der Waals surface area contributed by atoms with Gasteiger partial charge in [-0.3, -0.25) is 4.79 Å². The van der Waals surface area contributed by atoms with Crippen molar-refractivity contribution >= 4 is 22.8 Å². The molecule has 100 valence electrons. The zero-order valence-electron chi connectivity index (χ0n) is 10.4. The van der Waals surface area contributed by atoms with Crippen LogP contribution in [0.15, 0.2) is 22.6 Å². The number of primary amides is 1. The number of hydrogen-bond acceptors (Lipinski definition) is 4. The molecule has 19 heavy (non-hydrogen) atoms. The maximum Gasteiger partial charge on any atom is 0.375 e. The number of rotatable bonds is 3. The van der Waals surface area contributed by atoms with Crippen LogP contribution in [0.1, 0.15) is 23.0 Å². The third-order valence-electron chi connectivity index (χ3n) is 2.77. The fraction of sp³-hybridized carbons (Fsp3) is 0.231. The zero-order chi connectivity index (χ0) is 14.2. The Morgan fingerprint density at radius 2 is 2.11 bits per heavy atom. The van der Waals surface area contributed by atoms with Gasteiger partial charge in [0.2, 0.25) is 5.76 Å². The number of halogens is 1. The van der Waals surface area contributed by atoms with Crippen LogP contribution in [0.4, 0.5) is 4.39 Å². The van der Waals surface area contributed by atoms with Crippen molar-refractivity contribution in [1.82, 2.24) is 0 Å². The molecule has 0 spiro atoms. The van der Waals surface area contributed by atoms with E-state index in [2.05, 4.69) is 0 Å². The normalized spacial score (nSPS) is 12.4. The summed E-state index contributed by atoms with van der Waals surface area (Å²) in [6, 6.07) is 3.92. The highest BCUT2D eigenvalue weighted by atomic mass is 19.1. The van der Waals surface area contributed by atoms with Crippen molar-refractivity contribution in [2.45, 2.75) is 20.0 Å². The number of ether oxygens (including phenoxy) is 1. The second-order valence-electron chi connectivity index (χ2n) is 4.15. The lowest BCUT2D eigenvalue weighted by Crippen LogP contribution is -2.30. The second kappa shape index (κ2) is 4.72. The number of carbonyl (C=O) groups is 2. The van der Waals surface area contributed by atoms with Crippen LogP contribution >= 0.6 is 0 Å². The molecule has 0 unspecified atom stereocenters. The minimum Gasteiger partial charge on any atom is -0.449 e. The van der Waals surface area contributed by atoms with Crippen LogP contribution in [0.5, 0.6) is 0 Å². The van der Waals surface area contributed by atoms with E-state index >= 15 is 0 Å². The van der Waals surface area contributed by atoms with Crippen molar-refractivity contribution in [3.8, 4) is 0 Å². The first-order chi connectivity index (χ1) is 8.90. The minimum atomic E-state index is -1.06. The highest BCUT2D eigenvalue weighted by Gasteiger charge is 2.23. The highest BCUT2D eigenvalue weighted by molar-refractivity contribution is 5.97. The van der Waals surface area contributed by atoms with Crippen LogP contribution in [0.25, 0.3) is 11.0 Å². The maximum atomic E-state index is 13.1. The number of fused-ring (bicyclic) bond motifs is 1. The molecule has 0 bridgehead atoms. The largest absolute Gasteiger partial charge is 0.449 e. The van der Waals surface area contributed by atoms with E-state index in [0.29, 0.717) is 16.5 Å². The fourth-order valence-electron chi connectivity index (χ4n) is 1.66. The number of amides is 1. The predicted molar refractivity (Wildman–Crippen MR) is 65.0 cm³/mol. The van der Waals surface area contributed by atoms with Gasteiger partial charge in [0.1, 0.15) is 11.4 Å². The van der Waals surface area contributed by atoms with Crippen molar-refractivity contribution in [3.63, 3.8) is 0 Å². The van der Waals surface area contributed by atoms with Gasteiger partial charge in [0.15, 0.2) is 6.10 Å². The Morgan fingerprint density at radius 3 is 2.74 bits per heavy atom. The number of aryl methyl sites for hydroxylation is 1. The number of benzene rings is 1. The van der Waals surface area contributed by atoms with Crippen molar-refractivity contribution in [3.05, 3.63) is 35.3 Å². The van der Waals surface area contributed by atoms with Gasteiger partial charge in [-0.05, 0) is 32.0 Å². The van der Waals surface area contributed by atoms with E-state index in [1.165, 1.54) is 25.1 Å². The third kappa shape index (κ3) is 2.42. The molecule has 0 aliphatic carbocycles. The van der Waals surface area contributed by atoms with Crippen LogP contribution in [-0.4, -0.2) is 18.0 Å². The summed E-state index contributed by atoms with van der Waals surface area (Å²) in [5.74, 6) is -2.05. The van der Waals surface area contributed by atoms with E-state index < -0.39 is 23.8 Å². The average Bonchev–Trinajstić information content (AvgIpc) is 2.66. The molecule has 2 rings (SSSR count). The molecule has 0 fully saturated rings. The van der Waals surface area contributed by atoms with E-state index in [9.17, 15) is 14.0 Å². The summed E-state index contributed by atoms with van der Waals surface area (Å²) in [5, 5.41) is 0.485. The topological polar surface area (TPSA) is 82.5 Å². The molecule has 0 aliphatic rings. The molecule has 2 N–H and O–H groups in total. The molecule has 0 aliphatic heterocycles.